The van der Waals surface area contributed by atoms with Crippen molar-refractivity contribution in [3.63, 3.8) is 0 Å². The lowest BCUT2D eigenvalue weighted by molar-refractivity contribution is -0.139. The van der Waals surface area contributed by atoms with Crippen molar-refractivity contribution in [2.45, 2.75) is 26.3 Å². The molecule has 3 rings (SSSR count). The highest BCUT2D eigenvalue weighted by Gasteiger charge is 2.45. The number of aliphatic hydroxyl groups excluding tert-OH is 1. The summed E-state index contributed by atoms with van der Waals surface area (Å²) >= 11 is 0. The number of hydrogen-bond acceptors (Lipinski definition) is 6. The summed E-state index contributed by atoms with van der Waals surface area (Å²) in [6.07, 6.45) is 3.97. The zero-order valence-corrected chi connectivity index (χ0v) is 19.1. The number of pyridine rings is 1. The quantitative estimate of drug-likeness (QED) is 0.367. The van der Waals surface area contributed by atoms with E-state index in [0.29, 0.717) is 42.4 Å². The van der Waals surface area contributed by atoms with E-state index in [-0.39, 0.29) is 11.3 Å². The second-order valence-electron chi connectivity index (χ2n) is 8.66. The van der Waals surface area contributed by atoms with E-state index < -0.39 is 17.7 Å². The van der Waals surface area contributed by atoms with Gasteiger partial charge in [0, 0.05) is 24.5 Å². The number of likely N-dealkylation sites (tertiary alicyclic amines) is 1. The van der Waals surface area contributed by atoms with Crippen LogP contribution < -0.4 is 4.74 Å². The van der Waals surface area contributed by atoms with Crippen molar-refractivity contribution < 1.29 is 19.4 Å². The first-order valence-corrected chi connectivity index (χ1v) is 10.9. The Hall–Kier alpha value is -3.19. The van der Waals surface area contributed by atoms with E-state index in [2.05, 4.69) is 18.8 Å². The highest BCUT2D eigenvalue weighted by atomic mass is 16.5. The monoisotopic (exact) mass is 437 g/mol. The molecule has 2 aromatic rings. The van der Waals surface area contributed by atoms with Crippen molar-refractivity contribution in [3.8, 4) is 5.75 Å². The van der Waals surface area contributed by atoms with E-state index in [1.54, 1.807) is 42.7 Å². The summed E-state index contributed by atoms with van der Waals surface area (Å²) in [4.78, 5) is 33.6. The molecule has 0 radical (unpaired) electrons. The third kappa shape index (κ3) is 5.34. The lowest BCUT2D eigenvalue weighted by Gasteiger charge is -2.25. The number of amides is 1. The Morgan fingerprint density at radius 2 is 1.91 bits per heavy atom. The summed E-state index contributed by atoms with van der Waals surface area (Å²) in [7, 11) is 3.92. The third-order valence-corrected chi connectivity index (χ3v) is 5.26. The van der Waals surface area contributed by atoms with Crippen molar-refractivity contribution >= 4 is 17.4 Å². The van der Waals surface area contributed by atoms with Crippen molar-refractivity contribution in [1.82, 2.24) is 14.8 Å². The van der Waals surface area contributed by atoms with Crippen LogP contribution in [0.15, 0.2) is 54.4 Å². The molecule has 1 N–H and O–H groups in total. The molecule has 7 heteroatoms. The second-order valence-corrected chi connectivity index (χ2v) is 8.66. The number of ether oxygens (including phenoxy) is 1. The number of aromatic nitrogens is 1. The molecular weight excluding hydrogens is 406 g/mol. The van der Waals surface area contributed by atoms with Gasteiger partial charge in [0.05, 0.1) is 18.2 Å². The fourth-order valence-electron chi connectivity index (χ4n) is 3.68. The molecule has 0 bridgehead atoms. The predicted octanol–water partition coefficient (Wildman–Crippen LogP) is 3.49. The molecule has 1 atom stereocenters. The van der Waals surface area contributed by atoms with Crippen molar-refractivity contribution in [1.29, 1.82) is 0 Å². The number of aliphatic hydroxyl groups is 1. The largest absolute Gasteiger partial charge is 0.507 e. The summed E-state index contributed by atoms with van der Waals surface area (Å²) in [5.41, 5.74) is 1.24. The highest BCUT2D eigenvalue weighted by Crippen LogP contribution is 2.39. The number of ketones is 1. The van der Waals surface area contributed by atoms with Gasteiger partial charge in [0.2, 0.25) is 0 Å². The molecule has 1 aromatic carbocycles. The number of Topliss-reactive ketones (excluding diaryl/α,β-unsaturated/α-hetero) is 1. The van der Waals surface area contributed by atoms with Gasteiger partial charge in [-0.15, -0.1) is 0 Å². The average Bonchev–Trinajstić information content (AvgIpc) is 3.03. The maximum atomic E-state index is 13.0. The minimum atomic E-state index is -0.679. The molecule has 1 saturated heterocycles. The van der Waals surface area contributed by atoms with E-state index in [1.165, 1.54) is 4.90 Å². The first-order valence-electron chi connectivity index (χ1n) is 10.9. The number of carbonyl (C=O) groups excluding carboxylic acids is 2. The predicted molar refractivity (Wildman–Crippen MR) is 123 cm³/mol. The van der Waals surface area contributed by atoms with Gasteiger partial charge < -0.3 is 19.6 Å². The Balaban J connectivity index is 1.96. The maximum Gasteiger partial charge on any atom is 0.295 e. The fraction of sp³-hybridized carbons (Fsp3) is 0.400. The molecule has 1 fully saturated rings. The van der Waals surface area contributed by atoms with Crippen LogP contribution in [-0.4, -0.2) is 65.4 Å². The Kier molecular flexibility index (Phi) is 7.64. The van der Waals surface area contributed by atoms with Crippen LogP contribution in [0.25, 0.3) is 5.76 Å². The number of benzene rings is 1. The molecule has 0 spiro atoms. The van der Waals surface area contributed by atoms with Gasteiger partial charge in [0.25, 0.3) is 11.7 Å². The van der Waals surface area contributed by atoms with Crippen molar-refractivity contribution in [3.05, 3.63) is 65.5 Å². The topological polar surface area (TPSA) is 83.0 Å². The molecule has 1 aromatic heterocycles. The summed E-state index contributed by atoms with van der Waals surface area (Å²) < 4.78 is 5.70. The smallest absolute Gasteiger partial charge is 0.295 e. The molecule has 0 saturated carbocycles. The van der Waals surface area contributed by atoms with E-state index in [1.807, 2.05) is 25.1 Å². The number of nitrogens with zero attached hydrogens (tertiary/aromatic N) is 3. The second kappa shape index (κ2) is 10.4. The molecule has 7 nitrogen and oxygen atoms in total. The Morgan fingerprint density at radius 1 is 1.19 bits per heavy atom. The van der Waals surface area contributed by atoms with Gasteiger partial charge in [-0.2, -0.15) is 0 Å². The third-order valence-electron chi connectivity index (χ3n) is 5.26. The van der Waals surface area contributed by atoms with Gasteiger partial charge in [0.1, 0.15) is 11.5 Å². The lowest BCUT2D eigenvalue weighted by Crippen LogP contribution is -2.32. The van der Waals surface area contributed by atoms with Gasteiger partial charge in [0.15, 0.2) is 0 Å². The van der Waals surface area contributed by atoms with Gasteiger partial charge in [-0.25, -0.2) is 0 Å². The summed E-state index contributed by atoms with van der Waals surface area (Å²) in [5.74, 6) is -0.394. The SMILES string of the molecule is CC(C)COc1ccc(/C(O)=C2\C(=O)C(=O)N(CCCN(C)C)[C@H]2c2cccnc2)cc1. The molecule has 1 aliphatic rings. The fourth-order valence-corrected chi connectivity index (χ4v) is 3.68. The number of rotatable bonds is 9. The Morgan fingerprint density at radius 3 is 2.50 bits per heavy atom. The summed E-state index contributed by atoms with van der Waals surface area (Å²) in [6.45, 7) is 5.90. The minimum Gasteiger partial charge on any atom is -0.507 e. The number of hydrogen-bond donors (Lipinski definition) is 1. The van der Waals surface area contributed by atoms with Gasteiger partial charge in [-0.1, -0.05) is 19.9 Å². The molecule has 170 valence electrons. The van der Waals surface area contributed by atoms with Crippen molar-refractivity contribution in [2.24, 2.45) is 5.92 Å². The van der Waals surface area contributed by atoms with Crippen LogP contribution in [0.2, 0.25) is 0 Å². The van der Waals surface area contributed by atoms with E-state index in [0.717, 1.165) is 6.54 Å². The van der Waals surface area contributed by atoms with Gasteiger partial charge >= 0.3 is 0 Å². The van der Waals surface area contributed by atoms with Crippen LogP contribution in [0, 0.1) is 5.92 Å². The molecule has 2 heterocycles. The van der Waals surface area contributed by atoms with Gasteiger partial charge in [-0.05, 0) is 68.9 Å². The highest BCUT2D eigenvalue weighted by molar-refractivity contribution is 6.46. The van der Waals surface area contributed by atoms with Crippen LogP contribution in [-0.2, 0) is 9.59 Å². The minimum absolute atomic E-state index is 0.0868. The van der Waals surface area contributed by atoms with Crippen LogP contribution in [0.5, 0.6) is 5.75 Å². The lowest BCUT2D eigenvalue weighted by atomic mass is 9.96. The maximum absolute atomic E-state index is 13.0. The van der Waals surface area contributed by atoms with Gasteiger partial charge in [-0.3, -0.25) is 14.6 Å². The molecule has 1 amide bonds. The Labute approximate surface area is 189 Å². The average molecular weight is 438 g/mol. The van der Waals surface area contributed by atoms with Crippen LogP contribution in [0.3, 0.4) is 0 Å². The molecule has 1 aliphatic heterocycles. The van der Waals surface area contributed by atoms with Crippen LogP contribution >= 0.6 is 0 Å². The van der Waals surface area contributed by atoms with E-state index in [4.69, 9.17) is 4.74 Å². The first kappa shape index (κ1) is 23.5. The van der Waals surface area contributed by atoms with Crippen LogP contribution in [0.1, 0.15) is 37.4 Å². The van der Waals surface area contributed by atoms with Crippen molar-refractivity contribution in [2.75, 3.05) is 33.8 Å². The molecular formula is C25H31N3O4. The molecule has 32 heavy (non-hydrogen) atoms. The molecule has 0 aliphatic carbocycles. The van der Waals surface area contributed by atoms with E-state index in [9.17, 15) is 14.7 Å². The van der Waals surface area contributed by atoms with Crippen LogP contribution in [0.4, 0.5) is 0 Å². The zero-order chi connectivity index (χ0) is 23.3. The Bertz CT molecular complexity index is 968. The van der Waals surface area contributed by atoms with E-state index >= 15 is 0 Å². The summed E-state index contributed by atoms with van der Waals surface area (Å²) in [5, 5.41) is 11.1. The zero-order valence-electron chi connectivity index (χ0n) is 19.1. The molecule has 0 unspecified atom stereocenters. The normalized spacial score (nSPS) is 18.1. The first-order chi connectivity index (χ1) is 15.3. The summed E-state index contributed by atoms with van der Waals surface area (Å²) in [6, 6.07) is 9.81. The standard InChI is InChI=1S/C25H31N3O4/c1-17(2)16-32-20-10-8-18(9-11-20)23(29)21-22(19-7-5-12-26-15-19)28(25(31)24(21)30)14-6-13-27(3)4/h5,7-12,15,17,22,29H,6,13-14,16H2,1-4H3/b23-21+/t22-/m0/s1. The number of carbonyl (C=O) groups is 2.